The minimum Gasteiger partial charge on any atom is -0.394 e. The Morgan fingerprint density at radius 3 is 2.63 bits per heavy atom. The lowest BCUT2D eigenvalue weighted by molar-refractivity contribution is -0.0520. The first-order valence-corrected chi connectivity index (χ1v) is 8.51. The largest absolute Gasteiger partial charge is 0.394 e. The van der Waals surface area contributed by atoms with Crippen LogP contribution in [0.4, 0.5) is 5.82 Å². The third-order valence-electron chi connectivity index (χ3n) is 4.81. The van der Waals surface area contributed by atoms with E-state index < -0.39 is 36.9 Å². The van der Waals surface area contributed by atoms with E-state index in [1.165, 1.54) is 10.9 Å². The Morgan fingerprint density at radius 1 is 1.22 bits per heavy atom. The Labute approximate surface area is 154 Å². The van der Waals surface area contributed by atoms with E-state index in [1.54, 1.807) is 0 Å². The van der Waals surface area contributed by atoms with E-state index in [9.17, 15) is 20.4 Å². The molecule has 0 amide bonds. The summed E-state index contributed by atoms with van der Waals surface area (Å²) >= 11 is 0. The molecular weight excluding hydrogens is 354 g/mol. The van der Waals surface area contributed by atoms with Crippen molar-refractivity contribution in [3.05, 3.63) is 47.9 Å². The van der Waals surface area contributed by atoms with Crippen LogP contribution in [-0.2, 0) is 16.9 Å². The van der Waals surface area contributed by atoms with E-state index in [-0.39, 0.29) is 18.1 Å². The van der Waals surface area contributed by atoms with Gasteiger partial charge in [-0.15, -0.1) is 0 Å². The van der Waals surface area contributed by atoms with Crippen LogP contribution in [0.5, 0.6) is 0 Å². The maximum Gasteiger partial charge on any atom is 0.210 e. The highest BCUT2D eigenvalue weighted by atomic mass is 16.6. The van der Waals surface area contributed by atoms with Crippen molar-refractivity contribution in [3.8, 4) is 0 Å². The van der Waals surface area contributed by atoms with E-state index in [4.69, 9.17) is 10.5 Å². The molecule has 0 bridgehead atoms. The first kappa shape index (κ1) is 17.9. The molecule has 0 aliphatic carbocycles. The number of rotatable bonds is 4. The summed E-state index contributed by atoms with van der Waals surface area (Å²) in [4.78, 5) is 8.37. The SMILES string of the molecule is NC1=NC(O)(Cc2ccccc2)c2ncn([C@@H]3O[C@H](CO)[C@@H](O)[C@H]3O)c2N1. The van der Waals surface area contributed by atoms with E-state index >= 15 is 0 Å². The lowest BCUT2D eigenvalue weighted by Gasteiger charge is -2.29. The summed E-state index contributed by atoms with van der Waals surface area (Å²) in [6, 6.07) is 9.29. The Bertz CT molecular complexity index is 857. The second-order valence-electron chi connectivity index (χ2n) is 6.68. The highest BCUT2D eigenvalue weighted by molar-refractivity contribution is 5.94. The lowest BCUT2D eigenvalue weighted by atomic mass is 9.99. The summed E-state index contributed by atoms with van der Waals surface area (Å²) in [6.07, 6.45) is -2.97. The molecule has 3 heterocycles. The summed E-state index contributed by atoms with van der Waals surface area (Å²) in [5.74, 6) is 0.283. The van der Waals surface area contributed by atoms with Crippen molar-refractivity contribution in [1.82, 2.24) is 9.55 Å². The smallest absolute Gasteiger partial charge is 0.210 e. The van der Waals surface area contributed by atoms with Crippen LogP contribution in [-0.4, -0.2) is 60.9 Å². The fourth-order valence-electron chi connectivity index (χ4n) is 3.49. The molecular formula is C17H21N5O5. The van der Waals surface area contributed by atoms with E-state index in [0.717, 1.165) is 5.56 Å². The van der Waals surface area contributed by atoms with Gasteiger partial charge < -0.3 is 36.2 Å². The Balaban J connectivity index is 1.70. The van der Waals surface area contributed by atoms with Gasteiger partial charge in [-0.05, 0) is 5.56 Å². The molecule has 1 aromatic carbocycles. The fourth-order valence-corrected chi connectivity index (χ4v) is 3.49. The molecule has 0 saturated carbocycles. The molecule has 1 fully saturated rings. The van der Waals surface area contributed by atoms with Gasteiger partial charge in [-0.2, -0.15) is 0 Å². The molecule has 1 aromatic heterocycles. The van der Waals surface area contributed by atoms with E-state index in [0.29, 0.717) is 5.82 Å². The number of anilines is 1. The van der Waals surface area contributed by atoms with Gasteiger partial charge in [0.15, 0.2) is 12.2 Å². The molecule has 2 aromatic rings. The number of guanidine groups is 1. The topological polar surface area (TPSA) is 158 Å². The zero-order chi connectivity index (χ0) is 19.2. The average molecular weight is 375 g/mol. The van der Waals surface area contributed by atoms with Crippen LogP contribution in [0.1, 0.15) is 17.5 Å². The van der Waals surface area contributed by atoms with Gasteiger partial charge in [-0.25, -0.2) is 9.98 Å². The number of nitrogens with one attached hydrogen (secondary N) is 1. The molecule has 27 heavy (non-hydrogen) atoms. The molecule has 2 aliphatic rings. The van der Waals surface area contributed by atoms with E-state index in [1.807, 2.05) is 30.3 Å². The summed E-state index contributed by atoms with van der Waals surface area (Å²) in [5, 5.41) is 43.5. The summed E-state index contributed by atoms with van der Waals surface area (Å²) in [6.45, 7) is -0.444. The molecule has 10 heteroatoms. The predicted molar refractivity (Wildman–Crippen MR) is 94.5 cm³/mol. The number of aliphatic hydroxyl groups is 4. The number of ether oxygens (including phenoxy) is 1. The lowest BCUT2D eigenvalue weighted by Crippen LogP contribution is -2.40. The highest BCUT2D eigenvalue weighted by Crippen LogP contribution is 2.39. The summed E-state index contributed by atoms with van der Waals surface area (Å²) in [5.41, 5.74) is 5.23. The van der Waals surface area contributed by atoms with Crippen LogP contribution in [0.25, 0.3) is 0 Å². The number of nitrogens with two attached hydrogens (primary N) is 1. The number of imidazole rings is 1. The summed E-state index contributed by atoms with van der Waals surface area (Å²) < 4.78 is 6.96. The third kappa shape index (κ3) is 2.97. The van der Waals surface area contributed by atoms with Gasteiger partial charge in [-0.3, -0.25) is 4.57 Å². The molecule has 7 N–H and O–H groups in total. The quantitative estimate of drug-likeness (QED) is 0.382. The van der Waals surface area contributed by atoms with Gasteiger partial charge in [0.25, 0.3) is 0 Å². The second-order valence-corrected chi connectivity index (χ2v) is 6.68. The average Bonchev–Trinajstić information content (AvgIpc) is 3.18. The van der Waals surface area contributed by atoms with Crippen LogP contribution in [0.3, 0.4) is 0 Å². The monoisotopic (exact) mass is 375 g/mol. The molecule has 0 spiro atoms. The summed E-state index contributed by atoms with van der Waals surface area (Å²) in [7, 11) is 0. The molecule has 4 rings (SSSR count). The predicted octanol–water partition coefficient (Wildman–Crippen LogP) is -1.38. The zero-order valence-electron chi connectivity index (χ0n) is 14.3. The van der Waals surface area contributed by atoms with Crippen LogP contribution in [0, 0.1) is 0 Å². The molecule has 1 saturated heterocycles. The van der Waals surface area contributed by atoms with Crippen molar-refractivity contribution < 1.29 is 25.2 Å². The Morgan fingerprint density at radius 2 is 1.96 bits per heavy atom. The van der Waals surface area contributed by atoms with Crippen LogP contribution in [0.15, 0.2) is 41.7 Å². The van der Waals surface area contributed by atoms with Crippen molar-refractivity contribution in [2.75, 3.05) is 11.9 Å². The van der Waals surface area contributed by atoms with Gasteiger partial charge in [0.1, 0.15) is 29.8 Å². The Kier molecular flexibility index (Phi) is 4.36. The normalized spacial score (nSPS) is 32.7. The number of fused-ring (bicyclic) bond motifs is 1. The number of aliphatic hydroxyl groups excluding tert-OH is 3. The zero-order valence-corrected chi connectivity index (χ0v) is 14.3. The van der Waals surface area contributed by atoms with Crippen molar-refractivity contribution in [1.29, 1.82) is 0 Å². The number of aromatic nitrogens is 2. The first-order chi connectivity index (χ1) is 12.9. The number of benzene rings is 1. The molecule has 2 aliphatic heterocycles. The number of hydrogen-bond donors (Lipinski definition) is 6. The minimum atomic E-state index is -1.70. The van der Waals surface area contributed by atoms with Gasteiger partial charge in [0, 0.05) is 6.42 Å². The van der Waals surface area contributed by atoms with Crippen molar-refractivity contribution in [3.63, 3.8) is 0 Å². The van der Waals surface area contributed by atoms with E-state index in [2.05, 4.69) is 15.3 Å². The van der Waals surface area contributed by atoms with Crippen molar-refractivity contribution in [2.24, 2.45) is 10.7 Å². The number of aliphatic imine (C=N–C) groups is 1. The van der Waals surface area contributed by atoms with Crippen LogP contribution < -0.4 is 11.1 Å². The molecule has 0 radical (unpaired) electrons. The Hall–Kier alpha value is -2.50. The van der Waals surface area contributed by atoms with Gasteiger partial charge in [-0.1, -0.05) is 30.3 Å². The maximum atomic E-state index is 11.1. The number of hydrogen-bond acceptors (Lipinski definition) is 9. The molecule has 10 nitrogen and oxygen atoms in total. The molecule has 5 atom stereocenters. The van der Waals surface area contributed by atoms with Gasteiger partial charge >= 0.3 is 0 Å². The standard InChI is InChI=1S/C17H21N5O5/c18-16-20-14-13(17(26,21-16)6-9-4-2-1-3-5-9)19-8-22(14)15-12(25)11(24)10(7-23)27-15/h1-5,8,10-12,15,23-26H,6-7H2,(H3,18,20,21)/t10-,11-,12-,15-,17?/m1/s1. The first-order valence-electron chi connectivity index (χ1n) is 8.51. The molecule has 144 valence electrons. The number of nitrogens with zero attached hydrogens (tertiary/aromatic N) is 3. The molecule has 1 unspecified atom stereocenters. The highest BCUT2D eigenvalue weighted by Gasteiger charge is 2.46. The van der Waals surface area contributed by atoms with Crippen molar-refractivity contribution >= 4 is 11.8 Å². The minimum absolute atomic E-state index is 0.0191. The van der Waals surface area contributed by atoms with Crippen molar-refractivity contribution in [2.45, 2.75) is 36.7 Å². The maximum absolute atomic E-state index is 11.1. The van der Waals surface area contributed by atoms with Crippen LogP contribution in [0.2, 0.25) is 0 Å². The third-order valence-corrected chi connectivity index (χ3v) is 4.81. The second kappa shape index (κ2) is 6.59. The fraction of sp³-hybridized carbons (Fsp3) is 0.412. The van der Waals surface area contributed by atoms with Gasteiger partial charge in [0.2, 0.25) is 5.72 Å². The van der Waals surface area contributed by atoms with Gasteiger partial charge in [0.05, 0.1) is 12.9 Å². The van der Waals surface area contributed by atoms with Crippen LogP contribution >= 0.6 is 0 Å².